The minimum Gasteiger partial charge on any atom is -0.504 e. The van der Waals surface area contributed by atoms with Crippen LogP contribution in [0.4, 0.5) is 0 Å². The Balaban J connectivity index is 1.77. The van der Waals surface area contributed by atoms with Crippen LogP contribution in [0.5, 0.6) is 11.5 Å². The molecule has 0 saturated carbocycles. The molecule has 1 aromatic heterocycles. The van der Waals surface area contributed by atoms with Crippen LogP contribution >= 0.6 is 22.9 Å². The number of amides is 2. The van der Waals surface area contributed by atoms with E-state index in [2.05, 4.69) is 15.8 Å². The lowest BCUT2D eigenvalue weighted by molar-refractivity contribution is -0.117. The molecule has 0 saturated heterocycles. The van der Waals surface area contributed by atoms with Crippen molar-refractivity contribution in [2.24, 2.45) is 5.10 Å². The largest absolute Gasteiger partial charge is 0.504 e. The Kier molecular flexibility index (Phi) is 7.42. The Morgan fingerprint density at radius 3 is 2.68 bits per heavy atom. The predicted molar refractivity (Wildman–Crippen MR) is 122 cm³/mol. The maximum atomic E-state index is 12.7. The Morgan fingerprint density at radius 1 is 1.16 bits per heavy atom. The monoisotopic (exact) mass is 455 g/mol. The van der Waals surface area contributed by atoms with Crippen LogP contribution < -0.4 is 15.5 Å². The molecule has 31 heavy (non-hydrogen) atoms. The first-order chi connectivity index (χ1) is 15.0. The zero-order valence-corrected chi connectivity index (χ0v) is 17.9. The van der Waals surface area contributed by atoms with Crippen molar-refractivity contribution in [3.63, 3.8) is 0 Å². The van der Waals surface area contributed by atoms with E-state index in [-0.39, 0.29) is 27.8 Å². The van der Waals surface area contributed by atoms with Crippen molar-refractivity contribution in [1.29, 1.82) is 0 Å². The smallest absolute Gasteiger partial charge is 0.287 e. The van der Waals surface area contributed by atoms with Crippen LogP contribution in [0, 0.1) is 0 Å². The molecule has 2 amide bonds. The highest BCUT2D eigenvalue weighted by atomic mass is 35.5. The number of nitrogens with one attached hydrogen (secondary N) is 2. The molecular weight excluding hydrogens is 438 g/mol. The van der Waals surface area contributed by atoms with Gasteiger partial charge in [-0.05, 0) is 53.4 Å². The minimum absolute atomic E-state index is 0.00723. The zero-order valence-electron chi connectivity index (χ0n) is 16.3. The number of nitrogens with zero attached hydrogens (tertiary/aromatic N) is 1. The second-order valence-electron chi connectivity index (χ2n) is 6.14. The molecular formula is C22H18ClN3O4S. The summed E-state index contributed by atoms with van der Waals surface area (Å²) in [5.41, 5.74) is 3.23. The molecule has 3 N–H and O–H groups in total. The molecule has 3 rings (SSSR count). The first kappa shape index (κ1) is 22.1. The van der Waals surface area contributed by atoms with Gasteiger partial charge in [0, 0.05) is 4.88 Å². The number of aromatic hydroxyl groups is 1. The number of carbonyl (C=O) groups excluding carboxylic acids is 2. The number of phenolic OH excluding ortho intramolecular Hbond substituents is 1. The van der Waals surface area contributed by atoms with Crippen LogP contribution in [0.15, 0.2) is 70.8 Å². The fraction of sp³-hybridized carbons (Fsp3) is 0.0455. The van der Waals surface area contributed by atoms with Crippen LogP contribution in [0.2, 0.25) is 5.02 Å². The van der Waals surface area contributed by atoms with Gasteiger partial charge in [0.05, 0.1) is 23.9 Å². The predicted octanol–water partition coefficient (Wildman–Crippen LogP) is 4.04. The number of thiophene rings is 1. The Hall–Kier alpha value is -3.62. The van der Waals surface area contributed by atoms with E-state index in [9.17, 15) is 14.7 Å². The topological polar surface area (TPSA) is 100 Å². The van der Waals surface area contributed by atoms with Gasteiger partial charge >= 0.3 is 0 Å². The average Bonchev–Trinajstić information content (AvgIpc) is 3.27. The van der Waals surface area contributed by atoms with Gasteiger partial charge in [0.2, 0.25) is 0 Å². The molecule has 0 fully saturated rings. The molecule has 0 aliphatic carbocycles. The number of hydrazone groups is 1. The van der Waals surface area contributed by atoms with E-state index in [1.54, 1.807) is 42.5 Å². The number of ether oxygens (including phenoxy) is 1. The lowest BCUT2D eigenvalue weighted by atomic mass is 10.2. The Labute approximate surface area is 187 Å². The molecule has 7 nitrogen and oxygen atoms in total. The second-order valence-corrected chi connectivity index (χ2v) is 7.52. The molecule has 0 spiro atoms. The molecule has 3 aromatic rings. The van der Waals surface area contributed by atoms with Gasteiger partial charge in [0.1, 0.15) is 5.70 Å². The zero-order chi connectivity index (χ0) is 22.2. The van der Waals surface area contributed by atoms with E-state index in [0.717, 1.165) is 4.88 Å². The van der Waals surface area contributed by atoms with E-state index >= 15 is 0 Å². The summed E-state index contributed by atoms with van der Waals surface area (Å²) >= 11 is 7.49. The van der Waals surface area contributed by atoms with Gasteiger partial charge in [-0.15, -0.1) is 11.3 Å². The molecule has 158 valence electrons. The standard InChI is InChI=1S/C22H18ClN3O4S/c1-30-20-11-14(8-9-19(20)27)13-24-26-22(29)18(12-15-5-4-10-31-15)25-21(28)16-6-2-3-7-17(16)23/h2-13,27H,1H3,(H,25,28)(H,26,29)/b18-12-,24-13?. The highest BCUT2D eigenvalue weighted by Gasteiger charge is 2.16. The summed E-state index contributed by atoms with van der Waals surface area (Å²) in [7, 11) is 1.43. The van der Waals surface area contributed by atoms with Gasteiger partial charge in [0.25, 0.3) is 11.8 Å². The van der Waals surface area contributed by atoms with Crippen LogP contribution in [-0.4, -0.2) is 30.2 Å². The van der Waals surface area contributed by atoms with E-state index in [0.29, 0.717) is 5.56 Å². The first-order valence-corrected chi connectivity index (χ1v) is 10.2. The van der Waals surface area contributed by atoms with Crippen molar-refractivity contribution < 1.29 is 19.4 Å². The number of phenols is 1. The van der Waals surface area contributed by atoms with Crippen molar-refractivity contribution in [2.75, 3.05) is 7.11 Å². The lowest BCUT2D eigenvalue weighted by Gasteiger charge is -2.09. The van der Waals surface area contributed by atoms with Crippen molar-refractivity contribution in [2.45, 2.75) is 0 Å². The third kappa shape index (κ3) is 5.94. The fourth-order valence-corrected chi connectivity index (χ4v) is 3.39. The average molecular weight is 456 g/mol. The number of halogens is 1. The molecule has 0 radical (unpaired) electrons. The van der Waals surface area contributed by atoms with Crippen LogP contribution in [0.3, 0.4) is 0 Å². The van der Waals surface area contributed by atoms with Crippen molar-refractivity contribution in [1.82, 2.24) is 10.7 Å². The lowest BCUT2D eigenvalue weighted by Crippen LogP contribution is -2.32. The second kappa shape index (κ2) is 10.4. The Morgan fingerprint density at radius 2 is 1.97 bits per heavy atom. The number of methoxy groups -OCH3 is 1. The molecule has 1 heterocycles. The van der Waals surface area contributed by atoms with Crippen molar-refractivity contribution >= 4 is 47.0 Å². The maximum Gasteiger partial charge on any atom is 0.287 e. The van der Waals surface area contributed by atoms with Crippen LogP contribution in [-0.2, 0) is 4.79 Å². The highest BCUT2D eigenvalue weighted by Crippen LogP contribution is 2.25. The van der Waals surface area contributed by atoms with Gasteiger partial charge in [-0.25, -0.2) is 5.43 Å². The third-order valence-corrected chi connectivity index (χ3v) is 5.17. The summed E-state index contributed by atoms with van der Waals surface area (Å²) in [6, 6.07) is 14.8. The number of benzene rings is 2. The summed E-state index contributed by atoms with van der Waals surface area (Å²) in [6.45, 7) is 0. The van der Waals surface area contributed by atoms with Crippen LogP contribution in [0.25, 0.3) is 6.08 Å². The third-order valence-electron chi connectivity index (χ3n) is 4.02. The number of rotatable bonds is 7. The number of hydrogen-bond donors (Lipinski definition) is 3. The molecule has 0 unspecified atom stereocenters. The van der Waals surface area contributed by atoms with Crippen molar-refractivity contribution in [3.8, 4) is 11.5 Å². The molecule has 0 bridgehead atoms. The fourth-order valence-electron chi connectivity index (χ4n) is 2.51. The van der Waals surface area contributed by atoms with E-state index in [4.69, 9.17) is 16.3 Å². The molecule has 0 aliphatic heterocycles. The maximum absolute atomic E-state index is 12.7. The highest BCUT2D eigenvalue weighted by molar-refractivity contribution is 7.10. The van der Waals surface area contributed by atoms with E-state index in [1.165, 1.54) is 30.7 Å². The minimum atomic E-state index is -0.615. The van der Waals surface area contributed by atoms with Crippen LogP contribution in [0.1, 0.15) is 20.8 Å². The molecule has 9 heteroatoms. The summed E-state index contributed by atoms with van der Waals surface area (Å²) < 4.78 is 5.04. The number of hydrogen-bond acceptors (Lipinski definition) is 6. The van der Waals surface area contributed by atoms with Gasteiger partial charge in [-0.3, -0.25) is 9.59 Å². The van der Waals surface area contributed by atoms with E-state index in [1.807, 2.05) is 17.5 Å². The summed E-state index contributed by atoms with van der Waals surface area (Å²) in [5.74, 6) is -0.862. The van der Waals surface area contributed by atoms with Gasteiger partial charge in [-0.2, -0.15) is 5.10 Å². The van der Waals surface area contributed by atoms with Gasteiger partial charge in [0.15, 0.2) is 11.5 Å². The quantitative estimate of drug-likeness (QED) is 0.284. The summed E-state index contributed by atoms with van der Waals surface area (Å²) in [4.78, 5) is 26.1. The number of carbonyl (C=O) groups is 2. The van der Waals surface area contributed by atoms with Gasteiger partial charge < -0.3 is 15.2 Å². The molecule has 2 aromatic carbocycles. The van der Waals surface area contributed by atoms with E-state index < -0.39 is 11.8 Å². The summed E-state index contributed by atoms with van der Waals surface area (Å²) in [5, 5.41) is 18.3. The molecule has 0 atom stereocenters. The normalized spacial score (nSPS) is 11.4. The summed E-state index contributed by atoms with van der Waals surface area (Å²) in [6.07, 6.45) is 2.94. The first-order valence-electron chi connectivity index (χ1n) is 8.99. The van der Waals surface area contributed by atoms with Gasteiger partial charge in [-0.1, -0.05) is 29.8 Å². The van der Waals surface area contributed by atoms with Crippen molar-refractivity contribution in [3.05, 3.63) is 86.7 Å². The molecule has 0 aliphatic rings. The SMILES string of the molecule is COc1cc(C=NNC(=O)/C(=C/c2cccs2)NC(=O)c2ccccc2Cl)ccc1O. The Bertz CT molecular complexity index is 1140.